The molecule has 1 aromatic heterocycles. The molecule has 0 bridgehead atoms. The van der Waals surface area contributed by atoms with Gasteiger partial charge >= 0.3 is 0 Å². The van der Waals surface area contributed by atoms with Gasteiger partial charge in [0.2, 0.25) is 9.54 Å². The van der Waals surface area contributed by atoms with Crippen molar-refractivity contribution in [3.8, 4) is 5.69 Å². The molecule has 0 unspecified atom stereocenters. The highest BCUT2D eigenvalue weighted by molar-refractivity contribution is 7.72. The molecule has 1 amide bonds. The lowest BCUT2D eigenvalue weighted by atomic mass is 10.1. The molecule has 0 atom stereocenters. The number of hydrogen-bond acceptors (Lipinski definition) is 4. The molecule has 1 aromatic carbocycles. The Morgan fingerprint density at radius 3 is 2.75 bits per heavy atom. The zero-order valence-electron chi connectivity index (χ0n) is 12.7. The van der Waals surface area contributed by atoms with Crippen molar-refractivity contribution in [1.82, 2.24) is 19.2 Å². The number of aromatic nitrogens is 3. The Balaban J connectivity index is 2.22. The quantitative estimate of drug-likeness (QED) is 0.821. The number of carbonyl (C=O) groups excluding carboxylic acids is 1. The Morgan fingerprint density at radius 1 is 1.38 bits per heavy atom. The van der Waals surface area contributed by atoms with Gasteiger partial charge in [0.1, 0.15) is 12.5 Å². The van der Waals surface area contributed by atoms with Crippen LogP contribution < -0.4 is 5.32 Å². The van der Waals surface area contributed by atoms with E-state index in [2.05, 4.69) is 5.32 Å². The van der Waals surface area contributed by atoms with Crippen LogP contribution in [-0.2, 0) is 18.0 Å². The molecule has 10 heteroatoms. The fourth-order valence-corrected chi connectivity index (χ4v) is 3.51. The molecule has 3 rings (SSSR count). The number of rotatable bonds is 3. The third-order valence-electron chi connectivity index (χ3n) is 3.64. The summed E-state index contributed by atoms with van der Waals surface area (Å²) in [4.78, 5) is 12.1. The van der Waals surface area contributed by atoms with Crippen LogP contribution in [0.2, 0.25) is 5.02 Å². The molecule has 128 valence electrons. The molecule has 0 radical (unpaired) electrons. The fraction of sp³-hybridized carbons (Fsp3) is 0.357. The Morgan fingerprint density at radius 2 is 2.08 bits per heavy atom. The summed E-state index contributed by atoms with van der Waals surface area (Å²) in [7, 11) is 0. The smallest absolute Gasteiger partial charge is 0.252 e. The van der Waals surface area contributed by atoms with Crippen molar-refractivity contribution in [3.63, 3.8) is 0 Å². The first kappa shape index (κ1) is 17.3. The van der Waals surface area contributed by atoms with E-state index in [9.17, 15) is 9.18 Å². The third-order valence-corrected chi connectivity index (χ3v) is 4.74. The number of benzene rings is 1. The van der Waals surface area contributed by atoms with Crippen molar-refractivity contribution in [2.24, 2.45) is 0 Å². The molecule has 2 aromatic rings. The highest BCUT2D eigenvalue weighted by Gasteiger charge is 2.20. The Kier molecular flexibility index (Phi) is 4.86. The number of amides is 1. The molecule has 0 spiro atoms. The zero-order chi connectivity index (χ0) is 17.4. The molecule has 2 heterocycles. The maximum Gasteiger partial charge on any atom is 0.252 e. The highest BCUT2D eigenvalue weighted by atomic mass is 35.5. The van der Waals surface area contributed by atoms with Gasteiger partial charge in [-0.1, -0.05) is 11.6 Å². The molecular formula is C14H14ClFN4O2S2. The van der Waals surface area contributed by atoms with E-state index in [1.165, 1.54) is 10.6 Å². The molecule has 1 aliphatic rings. The van der Waals surface area contributed by atoms with Crippen molar-refractivity contribution in [1.29, 1.82) is 0 Å². The molecule has 0 saturated carbocycles. The van der Waals surface area contributed by atoms with E-state index in [1.807, 2.05) is 0 Å². The number of hydrogen-bond donors (Lipinski definition) is 1. The van der Waals surface area contributed by atoms with Crippen LogP contribution in [-0.4, -0.2) is 33.0 Å². The van der Waals surface area contributed by atoms with Crippen molar-refractivity contribution < 1.29 is 13.9 Å². The largest absolute Gasteiger partial charge is 0.357 e. The van der Waals surface area contributed by atoms with Gasteiger partial charge in [-0.3, -0.25) is 14.0 Å². The van der Waals surface area contributed by atoms with Crippen molar-refractivity contribution in [3.05, 3.63) is 38.1 Å². The van der Waals surface area contributed by atoms with Crippen LogP contribution in [0.15, 0.2) is 12.1 Å². The fourth-order valence-electron chi connectivity index (χ4n) is 2.51. The van der Waals surface area contributed by atoms with Crippen LogP contribution in [0.5, 0.6) is 0 Å². The minimum Gasteiger partial charge on any atom is -0.357 e. The van der Waals surface area contributed by atoms with Crippen LogP contribution in [0.3, 0.4) is 0 Å². The average Bonchev–Trinajstić information content (AvgIpc) is 2.80. The van der Waals surface area contributed by atoms with Gasteiger partial charge in [-0.25, -0.2) is 9.07 Å². The monoisotopic (exact) mass is 388 g/mol. The molecule has 0 saturated heterocycles. The topological polar surface area (TPSA) is 53.1 Å². The number of fused-ring (bicyclic) bond motifs is 1. The van der Waals surface area contributed by atoms with Gasteiger partial charge in [-0.2, -0.15) is 0 Å². The maximum atomic E-state index is 14.5. The SMILES string of the molecule is CCNC(=O)c1cc(-n2c(=S)n3n(c2=S)COCC3)c(F)cc1Cl. The first-order valence-electron chi connectivity index (χ1n) is 7.23. The highest BCUT2D eigenvalue weighted by Crippen LogP contribution is 2.25. The van der Waals surface area contributed by atoms with E-state index in [-0.39, 0.29) is 28.9 Å². The van der Waals surface area contributed by atoms with Crippen molar-refractivity contribution >= 4 is 41.9 Å². The second-order valence-corrected chi connectivity index (χ2v) is 6.24. The number of nitrogens with zero attached hydrogens (tertiary/aromatic N) is 3. The maximum absolute atomic E-state index is 14.5. The first-order chi connectivity index (χ1) is 11.5. The molecule has 0 aliphatic carbocycles. The Labute approximate surface area is 152 Å². The summed E-state index contributed by atoms with van der Waals surface area (Å²) < 4.78 is 25.3. The van der Waals surface area contributed by atoms with Crippen LogP contribution >= 0.6 is 36.0 Å². The van der Waals surface area contributed by atoms with Gasteiger partial charge in [-0.15, -0.1) is 0 Å². The van der Waals surface area contributed by atoms with Crippen LogP contribution in [0.4, 0.5) is 4.39 Å². The van der Waals surface area contributed by atoms with E-state index in [4.69, 9.17) is 40.8 Å². The summed E-state index contributed by atoms with van der Waals surface area (Å²) in [6.45, 7) is 3.48. The van der Waals surface area contributed by atoms with Gasteiger partial charge in [0, 0.05) is 6.54 Å². The van der Waals surface area contributed by atoms with Gasteiger partial charge in [-0.05, 0) is 43.5 Å². The molecule has 0 fully saturated rings. The lowest BCUT2D eigenvalue weighted by Gasteiger charge is -2.16. The summed E-state index contributed by atoms with van der Waals surface area (Å²) in [6, 6.07) is 2.46. The van der Waals surface area contributed by atoms with E-state index in [0.717, 1.165) is 6.07 Å². The average molecular weight is 389 g/mol. The van der Waals surface area contributed by atoms with Crippen molar-refractivity contribution in [2.45, 2.75) is 20.2 Å². The number of halogens is 2. The predicted molar refractivity (Wildman–Crippen MR) is 92.3 cm³/mol. The molecule has 24 heavy (non-hydrogen) atoms. The predicted octanol–water partition coefficient (Wildman–Crippen LogP) is 3.07. The van der Waals surface area contributed by atoms with Crippen LogP contribution in [0, 0.1) is 15.4 Å². The summed E-state index contributed by atoms with van der Waals surface area (Å²) in [5, 5.41) is 2.67. The van der Waals surface area contributed by atoms with Gasteiger partial charge < -0.3 is 10.1 Å². The van der Waals surface area contributed by atoms with Gasteiger partial charge in [0.25, 0.3) is 5.91 Å². The molecule has 1 aliphatic heterocycles. The minimum absolute atomic E-state index is 0.0274. The van der Waals surface area contributed by atoms with Gasteiger partial charge in [0.05, 0.1) is 29.4 Å². The lowest BCUT2D eigenvalue weighted by molar-refractivity contribution is 0.0142. The standard InChI is InChI=1S/C14H14ClFN4O2S2/c1-2-17-12(21)8-5-11(10(16)6-9(8)15)20-13(23)18-3-4-22-7-19(18)14(20)24/h5-6H,2-4,7H2,1H3,(H,17,21). The first-order valence-corrected chi connectivity index (χ1v) is 8.43. The van der Waals surface area contributed by atoms with E-state index in [1.54, 1.807) is 16.3 Å². The summed E-state index contributed by atoms with van der Waals surface area (Å²) in [5.74, 6) is -0.999. The second kappa shape index (κ2) is 6.75. The Hall–Kier alpha value is -1.55. The zero-order valence-corrected chi connectivity index (χ0v) is 15.1. The Bertz CT molecular complexity index is 897. The van der Waals surface area contributed by atoms with E-state index >= 15 is 0 Å². The third kappa shape index (κ3) is 2.81. The van der Waals surface area contributed by atoms with Crippen LogP contribution in [0.25, 0.3) is 5.69 Å². The molecule has 1 N–H and O–H groups in total. The second-order valence-electron chi connectivity index (χ2n) is 5.10. The van der Waals surface area contributed by atoms with E-state index < -0.39 is 5.82 Å². The van der Waals surface area contributed by atoms with E-state index in [0.29, 0.717) is 29.2 Å². The van der Waals surface area contributed by atoms with Gasteiger partial charge in [0.15, 0.2) is 0 Å². The van der Waals surface area contributed by atoms with Crippen LogP contribution in [0.1, 0.15) is 17.3 Å². The number of carbonyl (C=O) groups is 1. The number of ether oxygens (including phenoxy) is 1. The number of nitrogens with one attached hydrogen (secondary N) is 1. The molecule has 6 nitrogen and oxygen atoms in total. The summed E-state index contributed by atoms with van der Waals surface area (Å²) in [6.07, 6.45) is 0. The molecular weight excluding hydrogens is 375 g/mol. The summed E-state index contributed by atoms with van der Waals surface area (Å²) >= 11 is 16.8. The normalized spacial score (nSPS) is 13.6. The minimum atomic E-state index is -0.611. The van der Waals surface area contributed by atoms with Crippen molar-refractivity contribution in [2.75, 3.05) is 13.2 Å². The lowest BCUT2D eigenvalue weighted by Crippen LogP contribution is -2.23. The summed E-state index contributed by atoms with van der Waals surface area (Å²) in [5.41, 5.74) is 0.252.